The SMILES string of the molecule is CC(=O)N[C@@H]1[C@@H](OC(C)=O)[C@H](O)O[C@H](COC(C)=O)[C@H]1OC(C)=O. The van der Waals surface area contributed by atoms with Crippen molar-refractivity contribution in [2.45, 2.75) is 58.3 Å². The minimum Gasteiger partial charge on any atom is -0.463 e. The summed E-state index contributed by atoms with van der Waals surface area (Å²) in [5.74, 6) is -2.52. The first-order valence-corrected chi connectivity index (χ1v) is 7.20. The predicted octanol–water partition coefficient (Wildman–Crippen LogP) is -1.37. The van der Waals surface area contributed by atoms with Crippen LogP contribution in [0.15, 0.2) is 0 Å². The molecule has 0 aromatic carbocycles. The number of carbonyl (C=O) groups is 4. The lowest BCUT2D eigenvalue weighted by Gasteiger charge is -2.43. The summed E-state index contributed by atoms with van der Waals surface area (Å²) in [5.41, 5.74) is 0. The van der Waals surface area contributed by atoms with E-state index in [1.807, 2.05) is 0 Å². The number of aliphatic hydroxyl groups is 1. The number of ether oxygens (including phenoxy) is 4. The van der Waals surface area contributed by atoms with Crippen LogP contribution in [-0.2, 0) is 38.1 Å². The summed E-state index contributed by atoms with van der Waals surface area (Å²) in [5, 5.41) is 12.5. The number of aliphatic hydroxyl groups excluding tert-OH is 1. The summed E-state index contributed by atoms with van der Waals surface area (Å²) in [6, 6.07) is -1.08. The zero-order chi connectivity index (χ0) is 18.4. The fraction of sp³-hybridized carbons (Fsp3) is 0.714. The molecule has 10 nitrogen and oxygen atoms in total. The van der Waals surface area contributed by atoms with Crippen molar-refractivity contribution < 1.29 is 43.2 Å². The van der Waals surface area contributed by atoms with Crippen LogP contribution in [0.2, 0.25) is 0 Å². The Bertz CT molecular complexity index is 506. The van der Waals surface area contributed by atoms with Crippen LogP contribution < -0.4 is 5.32 Å². The molecule has 0 aromatic heterocycles. The standard InChI is InChI=1S/C14H21NO9/c1-6(16)15-11-12(22-8(3)18)10(5-21-7(2)17)24-14(20)13(11)23-9(4)19/h10-14,20H,5H2,1-4H3,(H,15,16)/t10-,11+,12-,13-,14-/m1/s1. The molecule has 1 rings (SSSR count). The molecule has 0 spiro atoms. The molecule has 1 amide bonds. The van der Waals surface area contributed by atoms with E-state index in [0.717, 1.165) is 13.8 Å². The topological polar surface area (TPSA) is 137 Å². The van der Waals surface area contributed by atoms with E-state index in [-0.39, 0.29) is 6.61 Å². The van der Waals surface area contributed by atoms with Gasteiger partial charge in [-0.25, -0.2) is 0 Å². The summed E-state index contributed by atoms with van der Waals surface area (Å²) >= 11 is 0. The van der Waals surface area contributed by atoms with E-state index in [1.54, 1.807) is 0 Å². The highest BCUT2D eigenvalue weighted by Gasteiger charge is 2.50. The van der Waals surface area contributed by atoms with Gasteiger partial charge in [-0.1, -0.05) is 0 Å². The lowest BCUT2D eigenvalue weighted by Crippen LogP contribution is -2.66. The van der Waals surface area contributed by atoms with E-state index in [0.29, 0.717) is 0 Å². The number of nitrogens with one attached hydrogen (secondary N) is 1. The van der Waals surface area contributed by atoms with Crippen molar-refractivity contribution in [3.63, 3.8) is 0 Å². The van der Waals surface area contributed by atoms with Crippen LogP contribution in [0.1, 0.15) is 27.7 Å². The van der Waals surface area contributed by atoms with Gasteiger partial charge in [0.25, 0.3) is 0 Å². The average Bonchev–Trinajstić information content (AvgIpc) is 2.42. The van der Waals surface area contributed by atoms with Gasteiger partial charge in [-0.05, 0) is 0 Å². The van der Waals surface area contributed by atoms with Crippen molar-refractivity contribution in [1.82, 2.24) is 5.32 Å². The number of carbonyl (C=O) groups excluding carboxylic acids is 4. The molecule has 1 heterocycles. The number of amides is 1. The van der Waals surface area contributed by atoms with Gasteiger partial charge in [-0.2, -0.15) is 0 Å². The van der Waals surface area contributed by atoms with Crippen LogP contribution >= 0.6 is 0 Å². The molecular weight excluding hydrogens is 326 g/mol. The van der Waals surface area contributed by atoms with Gasteiger partial charge in [-0.3, -0.25) is 19.2 Å². The van der Waals surface area contributed by atoms with Gasteiger partial charge in [-0.15, -0.1) is 0 Å². The van der Waals surface area contributed by atoms with E-state index in [9.17, 15) is 24.3 Å². The third-order valence-corrected chi connectivity index (χ3v) is 3.09. The van der Waals surface area contributed by atoms with Crippen LogP contribution in [-0.4, -0.2) is 66.2 Å². The molecular formula is C14H21NO9. The first-order valence-electron chi connectivity index (χ1n) is 7.20. The third kappa shape index (κ3) is 5.78. The Kier molecular flexibility index (Phi) is 7.11. The summed E-state index contributed by atoms with van der Waals surface area (Å²) in [6.45, 7) is 4.31. The van der Waals surface area contributed by atoms with Crippen LogP contribution in [0.25, 0.3) is 0 Å². The normalized spacial score (nSPS) is 29.3. The molecule has 0 radical (unpaired) electrons. The van der Waals surface area contributed by atoms with Crippen LogP contribution in [0.4, 0.5) is 0 Å². The molecule has 2 N–H and O–H groups in total. The van der Waals surface area contributed by atoms with Crippen molar-refractivity contribution in [3.8, 4) is 0 Å². The van der Waals surface area contributed by atoms with Crippen molar-refractivity contribution in [2.24, 2.45) is 0 Å². The van der Waals surface area contributed by atoms with Crippen LogP contribution in [0.5, 0.6) is 0 Å². The number of hydrogen-bond acceptors (Lipinski definition) is 9. The fourth-order valence-corrected chi connectivity index (χ4v) is 2.33. The van der Waals surface area contributed by atoms with Gasteiger partial charge >= 0.3 is 17.9 Å². The van der Waals surface area contributed by atoms with Crippen molar-refractivity contribution >= 4 is 23.8 Å². The first-order chi connectivity index (χ1) is 11.1. The minimum atomic E-state index is -1.61. The van der Waals surface area contributed by atoms with E-state index >= 15 is 0 Å². The van der Waals surface area contributed by atoms with Gasteiger partial charge in [0.2, 0.25) is 5.91 Å². The van der Waals surface area contributed by atoms with Crippen molar-refractivity contribution in [3.05, 3.63) is 0 Å². The summed E-state index contributed by atoms with van der Waals surface area (Å²) in [6.07, 6.45) is -5.11. The van der Waals surface area contributed by atoms with E-state index in [2.05, 4.69) is 5.32 Å². The maximum Gasteiger partial charge on any atom is 0.303 e. The van der Waals surface area contributed by atoms with Crippen molar-refractivity contribution in [2.75, 3.05) is 6.61 Å². The second-order valence-electron chi connectivity index (χ2n) is 5.24. The number of hydrogen-bond donors (Lipinski definition) is 2. The number of rotatable bonds is 5. The second kappa shape index (κ2) is 8.60. The average molecular weight is 347 g/mol. The Morgan fingerprint density at radius 3 is 1.96 bits per heavy atom. The number of esters is 3. The lowest BCUT2D eigenvalue weighted by atomic mass is 9.95. The molecule has 1 aliphatic heterocycles. The Hall–Kier alpha value is -2.20. The zero-order valence-electron chi connectivity index (χ0n) is 13.8. The van der Waals surface area contributed by atoms with Gasteiger partial charge in [0.1, 0.15) is 18.8 Å². The molecule has 5 atom stereocenters. The maximum atomic E-state index is 11.5. The van der Waals surface area contributed by atoms with Gasteiger partial charge < -0.3 is 29.4 Å². The Morgan fingerprint density at radius 2 is 1.50 bits per heavy atom. The minimum absolute atomic E-state index is 0.326. The molecule has 136 valence electrons. The highest BCUT2D eigenvalue weighted by molar-refractivity contribution is 5.74. The van der Waals surface area contributed by atoms with Crippen LogP contribution in [0, 0.1) is 0 Å². The maximum absolute atomic E-state index is 11.5. The Labute approximate surface area is 138 Å². The molecule has 0 unspecified atom stereocenters. The van der Waals surface area contributed by atoms with E-state index in [1.165, 1.54) is 13.8 Å². The van der Waals surface area contributed by atoms with Gasteiger partial charge in [0.05, 0.1) is 0 Å². The monoisotopic (exact) mass is 347 g/mol. The largest absolute Gasteiger partial charge is 0.463 e. The molecule has 1 aliphatic rings. The Morgan fingerprint density at radius 1 is 0.958 bits per heavy atom. The predicted molar refractivity (Wildman–Crippen MR) is 76.2 cm³/mol. The molecule has 10 heteroatoms. The molecule has 1 fully saturated rings. The summed E-state index contributed by atoms with van der Waals surface area (Å²) in [7, 11) is 0. The van der Waals surface area contributed by atoms with Crippen LogP contribution in [0.3, 0.4) is 0 Å². The molecule has 1 saturated heterocycles. The van der Waals surface area contributed by atoms with E-state index < -0.39 is 54.5 Å². The third-order valence-electron chi connectivity index (χ3n) is 3.09. The Balaban J connectivity index is 3.11. The highest BCUT2D eigenvalue weighted by atomic mass is 16.7. The molecule has 0 aliphatic carbocycles. The first kappa shape index (κ1) is 19.8. The van der Waals surface area contributed by atoms with Gasteiger partial charge in [0.15, 0.2) is 18.5 Å². The molecule has 24 heavy (non-hydrogen) atoms. The summed E-state index contributed by atoms with van der Waals surface area (Å²) in [4.78, 5) is 45.0. The quantitative estimate of drug-likeness (QED) is 0.456. The second-order valence-corrected chi connectivity index (χ2v) is 5.24. The summed E-state index contributed by atoms with van der Waals surface area (Å²) < 4.78 is 20.2. The zero-order valence-corrected chi connectivity index (χ0v) is 13.8. The highest BCUT2D eigenvalue weighted by Crippen LogP contribution is 2.25. The fourth-order valence-electron chi connectivity index (χ4n) is 2.33. The molecule has 0 bridgehead atoms. The van der Waals surface area contributed by atoms with Gasteiger partial charge in [0, 0.05) is 27.7 Å². The smallest absolute Gasteiger partial charge is 0.303 e. The van der Waals surface area contributed by atoms with Crippen molar-refractivity contribution in [1.29, 1.82) is 0 Å². The molecule has 0 aromatic rings. The lowest BCUT2D eigenvalue weighted by molar-refractivity contribution is -0.271. The van der Waals surface area contributed by atoms with E-state index in [4.69, 9.17) is 18.9 Å². The molecule has 0 saturated carbocycles.